The molecular weight excluding hydrogens is 664 g/mol. The van der Waals surface area contributed by atoms with Crippen LogP contribution in [-0.4, -0.2) is 106 Å². The van der Waals surface area contributed by atoms with Gasteiger partial charge in [-0.25, -0.2) is 9.97 Å². The number of hydrogen-bond acceptors (Lipinski definition) is 9. The van der Waals surface area contributed by atoms with Gasteiger partial charge in [0.05, 0.1) is 18.4 Å². The summed E-state index contributed by atoms with van der Waals surface area (Å²) >= 11 is 1.10. The van der Waals surface area contributed by atoms with Gasteiger partial charge in [-0.15, -0.1) is 11.3 Å². The minimum Gasteiger partial charge on any atom is -0.367 e. The van der Waals surface area contributed by atoms with Crippen LogP contribution < -0.4 is 10.6 Å². The summed E-state index contributed by atoms with van der Waals surface area (Å²) in [7, 11) is 1.67. The standard InChI is InChI=1S/C36H46F3N9OS/c1-5-32-43-34(30-17-28(18-36(37,38)39)50-35(30)44-32)42-26-8-10-45(11-9-26)21-25-6-7-31-29(24(25)3)16-27(19-40)48(31)20-23(2)47-14-12-46(13-15-47)22-33(49)41-4/h6-7,16-17,23,26H,5,8-15,18,20-22H2,1-4H3,(H,41,49)(H,42,43,44)/t23-/m0/s1. The predicted octanol–water partition coefficient (Wildman–Crippen LogP) is 5.32. The van der Waals surface area contributed by atoms with Crippen molar-refractivity contribution < 1.29 is 18.0 Å². The third kappa shape index (κ3) is 8.23. The lowest BCUT2D eigenvalue weighted by atomic mass is 10.0. The van der Waals surface area contributed by atoms with Crippen molar-refractivity contribution in [2.24, 2.45) is 0 Å². The van der Waals surface area contributed by atoms with Crippen molar-refractivity contribution in [2.45, 2.75) is 77.8 Å². The first-order valence-electron chi connectivity index (χ1n) is 17.5. The van der Waals surface area contributed by atoms with E-state index in [1.807, 2.05) is 13.0 Å². The molecule has 5 heterocycles. The van der Waals surface area contributed by atoms with Crippen LogP contribution in [-0.2, 0) is 30.7 Å². The van der Waals surface area contributed by atoms with E-state index in [9.17, 15) is 23.2 Å². The Balaban J connectivity index is 1.08. The van der Waals surface area contributed by atoms with Crippen LogP contribution in [0.5, 0.6) is 0 Å². The number of rotatable bonds is 11. The fourth-order valence-electron chi connectivity index (χ4n) is 7.24. The van der Waals surface area contributed by atoms with Gasteiger partial charge in [-0.05, 0) is 56.0 Å². The maximum absolute atomic E-state index is 13.1. The second-order valence-electron chi connectivity index (χ2n) is 13.6. The molecule has 1 amide bonds. The first kappa shape index (κ1) is 36.0. The van der Waals surface area contributed by atoms with Gasteiger partial charge >= 0.3 is 6.18 Å². The Morgan fingerprint density at radius 1 is 1.08 bits per heavy atom. The van der Waals surface area contributed by atoms with Crippen LogP contribution in [0.2, 0.25) is 0 Å². The number of aromatic nitrogens is 3. The summed E-state index contributed by atoms with van der Waals surface area (Å²) in [6.07, 6.45) is -2.84. The number of thiophene rings is 1. The number of hydrogen-bond donors (Lipinski definition) is 2. The Kier molecular flexibility index (Phi) is 11.0. The van der Waals surface area contributed by atoms with Gasteiger partial charge in [0, 0.05) is 93.7 Å². The molecule has 2 aliphatic heterocycles. The zero-order chi connectivity index (χ0) is 35.6. The zero-order valence-electron chi connectivity index (χ0n) is 29.2. The summed E-state index contributed by atoms with van der Waals surface area (Å²) in [6.45, 7) is 13.5. The molecule has 1 aromatic carbocycles. The maximum Gasteiger partial charge on any atom is 0.393 e. The number of amides is 1. The molecule has 0 aliphatic carbocycles. The molecule has 14 heteroatoms. The number of nitrogens with zero attached hydrogens (tertiary/aromatic N) is 7. The summed E-state index contributed by atoms with van der Waals surface area (Å²) < 4.78 is 41.4. The smallest absolute Gasteiger partial charge is 0.367 e. The summed E-state index contributed by atoms with van der Waals surface area (Å²) in [5.74, 6) is 1.30. The molecule has 0 saturated carbocycles. The Morgan fingerprint density at radius 2 is 1.82 bits per heavy atom. The molecule has 0 bridgehead atoms. The minimum atomic E-state index is -4.26. The van der Waals surface area contributed by atoms with Gasteiger partial charge in [0.2, 0.25) is 5.91 Å². The lowest BCUT2D eigenvalue weighted by molar-refractivity contribution is -0.126. The lowest BCUT2D eigenvalue weighted by Crippen LogP contribution is -2.52. The van der Waals surface area contributed by atoms with Crippen LogP contribution in [0.3, 0.4) is 0 Å². The highest BCUT2D eigenvalue weighted by molar-refractivity contribution is 7.18. The topological polar surface area (TPSA) is 105 Å². The van der Waals surface area contributed by atoms with Gasteiger partial charge in [0.25, 0.3) is 0 Å². The number of piperidine rings is 1. The molecular formula is C36H46F3N9OS. The van der Waals surface area contributed by atoms with Crippen LogP contribution >= 0.6 is 11.3 Å². The predicted molar refractivity (Wildman–Crippen MR) is 191 cm³/mol. The summed E-state index contributed by atoms with van der Waals surface area (Å²) in [5, 5.41) is 18.1. The van der Waals surface area contributed by atoms with Gasteiger partial charge < -0.3 is 15.2 Å². The molecule has 50 heavy (non-hydrogen) atoms. The molecule has 0 unspecified atom stereocenters. The van der Waals surface area contributed by atoms with Gasteiger partial charge in [-0.2, -0.15) is 18.4 Å². The van der Waals surface area contributed by atoms with E-state index in [-0.39, 0.29) is 22.9 Å². The molecule has 3 aromatic heterocycles. The number of likely N-dealkylation sites (N-methyl/N-ethyl adjacent to an activating group) is 1. The van der Waals surface area contributed by atoms with Crippen molar-refractivity contribution >= 4 is 44.2 Å². The van der Waals surface area contributed by atoms with E-state index < -0.39 is 12.6 Å². The van der Waals surface area contributed by atoms with Crippen molar-refractivity contribution in [1.82, 2.24) is 34.6 Å². The zero-order valence-corrected chi connectivity index (χ0v) is 30.1. The average Bonchev–Trinajstić information content (AvgIpc) is 3.66. The van der Waals surface area contributed by atoms with Crippen molar-refractivity contribution in [3.63, 3.8) is 0 Å². The van der Waals surface area contributed by atoms with Crippen molar-refractivity contribution in [1.29, 1.82) is 5.26 Å². The fraction of sp³-hybridized carbons (Fsp3) is 0.556. The van der Waals surface area contributed by atoms with Crippen LogP contribution in [0.4, 0.5) is 19.0 Å². The highest BCUT2D eigenvalue weighted by Gasteiger charge is 2.30. The van der Waals surface area contributed by atoms with Crippen LogP contribution in [0.15, 0.2) is 24.3 Å². The van der Waals surface area contributed by atoms with E-state index in [1.165, 1.54) is 11.1 Å². The monoisotopic (exact) mass is 709 g/mol. The molecule has 6 rings (SSSR count). The number of nitriles is 1. The Labute approximate surface area is 295 Å². The van der Waals surface area contributed by atoms with Crippen LogP contribution in [0, 0.1) is 18.3 Å². The molecule has 268 valence electrons. The minimum absolute atomic E-state index is 0.0374. The number of piperazine rings is 1. The second-order valence-corrected chi connectivity index (χ2v) is 14.7. The van der Waals surface area contributed by atoms with Gasteiger partial charge in [0.15, 0.2) is 0 Å². The number of alkyl halides is 3. The molecule has 0 radical (unpaired) electrons. The van der Waals surface area contributed by atoms with Gasteiger partial charge in [0.1, 0.15) is 28.2 Å². The highest BCUT2D eigenvalue weighted by atomic mass is 32.1. The van der Waals surface area contributed by atoms with E-state index in [0.29, 0.717) is 47.1 Å². The summed E-state index contributed by atoms with van der Waals surface area (Å²) in [4.78, 5) is 28.9. The number of carbonyl (C=O) groups is 1. The number of aryl methyl sites for hydroxylation is 2. The summed E-state index contributed by atoms with van der Waals surface area (Å²) in [5.41, 5.74) is 4.17. The van der Waals surface area contributed by atoms with Crippen LogP contribution in [0.25, 0.3) is 21.1 Å². The Hall–Kier alpha value is -3.77. The Bertz CT molecular complexity index is 1860. The molecule has 1 atom stereocenters. The number of anilines is 1. The number of fused-ring (bicyclic) bond motifs is 2. The van der Waals surface area contributed by atoms with E-state index >= 15 is 0 Å². The molecule has 10 nitrogen and oxygen atoms in total. The molecule has 4 aromatic rings. The summed E-state index contributed by atoms with van der Waals surface area (Å²) in [6, 6.07) is 10.8. The number of halogens is 3. The molecule has 2 fully saturated rings. The van der Waals surface area contributed by atoms with Crippen LogP contribution in [0.1, 0.15) is 54.2 Å². The number of benzene rings is 1. The highest BCUT2D eigenvalue weighted by Crippen LogP contribution is 2.34. The van der Waals surface area contributed by atoms with Crippen molar-refractivity contribution in [2.75, 3.05) is 58.2 Å². The maximum atomic E-state index is 13.1. The average molecular weight is 710 g/mol. The SMILES string of the molecule is CCc1nc(NC2CCN(Cc3ccc4c(cc(C#N)n4C[C@H](C)N4CCN(CC(=O)NC)CC4)c3C)CC2)c2cc(CC(F)(F)F)sc2n1. The largest absolute Gasteiger partial charge is 0.393 e. The van der Waals surface area contributed by atoms with E-state index in [2.05, 4.69) is 71.9 Å². The first-order chi connectivity index (χ1) is 23.9. The number of nitrogens with one attached hydrogen (secondary N) is 2. The van der Waals surface area contributed by atoms with Crippen molar-refractivity contribution in [3.05, 3.63) is 51.8 Å². The normalized spacial score (nSPS) is 17.7. The quantitative estimate of drug-likeness (QED) is 0.216. The number of likely N-dealkylation sites (tertiary alicyclic amines) is 1. The van der Waals surface area contributed by atoms with Gasteiger partial charge in [-0.1, -0.05) is 13.0 Å². The number of carbonyl (C=O) groups excluding carboxylic acids is 1. The molecule has 0 spiro atoms. The van der Waals surface area contributed by atoms with Crippen molar-refractivity contribution in [3.8, 4) is 6.07 Å². The van der Waals surface area contributed by atoms with E-state index in [0.717, 1.165) is 80.9 Å². The third-order valence-electron chi connectivity index (χ3n) is 10.2. The second kappa shape index (κ2) is 15.2. The lowest BCUT2D eigenvalue weighted by Gasteiger charge is -2.38. The first-order valence-corrected chi connectivity index (χ1v) is 18.3. The third-order valence-corrected chi connectivity index (χ3v) is 11.2. The molecule has 2 aliphatic rings. The van der Waals surface area contributed by atoms with E-state index in [4.69, 9.17) is 0 Å². The fourth-order valence-corrected chi connectivity index (χ4v) is 8.32. The van der Waals surface area contributed by atoms with Gasteiger partial charge in [-0.3, -0.25) is 19.5 Å². The molecule has 2 N–H and O–H groups in total. The van der Waals surface area contributed by atoms with E-state index in [1.54, 1.807) is 13.1 Å². The molecule has 2 saturated heterocycles. The Morgan fingerprint density at radius 3 is 2.48 bits per heavy atom.